The van der Waals surface area contributed by atoms with Crippen LogP contribution in [0.2, 0.25) is 18.1 Å². The Morgan fingerprint density at radius 1 is 1.10 bits per heavy atom. The quantitative estimate of drug-likeness (QED) is 0.262. The van der Waals surface area contributed by atoms with Gasteiger partial charge in [0, 0.05) is 17.9 Å². The van der Waals surface area contributed by atoms with E-state index in [1.54, 1.807) is 25.3 Å². The Bertz CT molecular complexity index is 867. The molecule has 1 aromatic heterocycles. The van der Waals surface area contributed by atoms with Crippen molar-refractivity contribution in [2.24, 2.45) is 0 Å². The number of hydrogen-bond donors (Lipinski definition) is 0. The maximum absolute atomic E-state index is 12.9. The van der Waals surface area contributed by atoms with Crippen LogP contribution in [0.4, 0.5) is 0 Å². The second-order valence-corrected chi connectivity index (χ2v) is 14.6. The zero-order valence-corrected chi connectivity index (χ0v) is 21.2. The third-order valence-electron chi connectivity index (χ3n) is 5.61. The van der Waals surface area contributed by atoms with Gasteiger partial charge in [0.05, 0.1) is 14.2 Å². The van der Waals surface area contributed by atoms with Crippen LogP contribution in [0, 0.1) is 0 Å². The van der Waals surface area contributed by atoms with Gasteiger partial charge in [0.1, 0.15) is 4.88 Å². The molecule has 0 N–H and O–H groups in total. The van der Waals surface area contributed by atoms with Crippen molar-refractivity contribution < 1.29 is 23.4 Å². The molecule has 0 atom stereocenters. The lowest BCUT2D eigenvalue weighted by Crippen LogP contribution is -2.41. The number of carbonyl (C=O) groups excluding carboxylic acids is 1. The van der Waals surface area contributed by atoms with Crippen molar-refractivity contribution in [3.8, 4) is 17.2 Å². The number of esters is 1. The van der Waals surface area contributed by atoms with Crippen LogP contribution < -0.4 is 14.2 Å². The summed E-state index contributed by atoms with van der Waals surface area (Å²) in [5, 5.41) is 0.182. The van der Waals surface area contributed by atoms with Gasteiger partial charge in [0.15, 0.2) is 19.8 Å². The molecule has 2 aromatic rings. The molecule has 0 fully saturated rings. The number of thiophene rings is 1. The van der Waals surface area contributed by atoms with Crippen LogP contribution in [-0.2, 0) is 17.3 Å². The van der Waals surface area contributed by atoms with Crippen LogP contribution >= 0.6 is 11.3 Å². The van der Waals surface area contributed by atoms with Gasteiger partial charge in [-0.3, -0.25) is 0 Å². The predicted octanol–water partition coefficient (Wildman–Crippen LogP) is 6.11. The molecule has 0 radical (unpaired) electrons. The highest BCUT2D eigenvalue weighted by Gasteiger charge is 2.36. The van der Waals surface area contributed by atoms with Crippen LogP contribution in [0.25, 0.3) is 0 Å². The normalized spacial score (nSPS) is 12.0. The van der Waals surface area contributed by atoms with Crippen molar-refractivity contribution in [1.29, 1.82) is 0 Å². The molecule has 0 saturated carbocycles. The smallest absolute Gasteiger partial charge is 0.354 e. The summed E-state index contributed by atoms with van der Waals surface area (Å²) >= 11 is 1.48. The zero-order chi connectivity index (χ0) is 22.5. The molecule has 0 aliphatic heterocycles. The fraction of sp³-hybridized carbons (Fsp3) is 0.522. The van der Waals surface area contributed by atoms with Crippen LogP contribution in [0.3, 0.4) is 0 Å². The number of ether oxygens (including phenoxy) is 3. The summed E-state index contributed by atoms with van der Waals surface area (Å²) < 4.78 is 22.6. The Labute approximate surface area is 185 Å². The summed E-state index contributed by atoms with van der Waals surface area (Å²) in [6.07, 6.45) is 1.55. The number of benzene rings is 1. The van der Waals surface area contributed by atoms with E-state index in [0.29, 0.717) is 28.7 Å². The number of carbonyl (C=O) groups is 1. The summed E-state index contributed by atoms with van der Waals surface area (Å²) in [6, 6.07) is 7.33. The van der Waals surface area contributed by atoms with E-state index < -0.39 is 8.32 Å². The molecular weight excluding hydrogens is 416 g/mol. The molecule has 7 heteroatoms. The zero-order valence-electron chi connectivity index (χ0n) is 19.4. The first-order chi connectivity index (χ1) is 14.0. The molecule has 166 valence electrons. The monoisotopic (exact) mass is 450 g/mol. The van der Waals surface area contributed by atoms with E-state index in [9.17, 15) is 4.79 Å². The Morgan fingerprint density at radius 3 is 2.33 bits per heavy atom. The first-order valence-corrected chi connectivity index (χ1v) is 13.9. The van der Waals surface area contributed by atoms with Crippen molar-refractivity contribution >= 4 is 25.6 Å². The van der Waals surface area contributed by atoms with Gasteiger partial charge in [-0.25, -0.2) is 4.79 Å². The molecule has 0 aliphatic carbocycles. The van der Waals surface area contributed by atoms with Crippen molar-refractivity contribution in [2.75, 3.05) is 20.8 Å². The fourth-order valence-electron chi connectivity index (χ4n) is 2.75. The Balaban J connectivity index is 2.14. The second kappa shape index (κ2) is 9.98. The largest absolute Gasteiger partial charge is 0.493 e. The topological polar surface area (TPSA) is 54.0 Å². The van der Waals surface area contributed by atoms with Crippen molar-refractivity contribution in [1.82, 2.24) is 0 Å². The Hall–Kier alpha value is -1.83. The van der Waals surface area contributed by atoms with E-state index in [1.807, 2.05) is 6.92 Å². The summed E-state index contributed by atoms with van der Waals surface area (Å²) in [7, 11) is 1.30. The molecule has 1 aromatic carbocycles. The maximum Gasteiger partial charge on any atom is 0.354 e. The van der Waals surface area contributed by atoms with Gasteiger partial charge in [-0.15, -0.1) is 11.3 Å². The van der Waals surface area contributed by atoms with Crippen LogP contribution in [-0.4, -0.2) is 35.1 Å². The standard InChI is InChI=1S/C23H34O5SSi/c1-9-16-15-17(13-14-27-30(7,8)23(2,3)4)29-21(16)22(24)28-19-12-10-11-18(25-5)20(19)26-6/h10-12,15H,9,13-14H2,1-8H3. The van der Waals surface area contributed by atoms with E-state index in [4.69, 9.17) is 18.6 Å². The molecule has 5 nitrogen and oxygen atoms in total. The summed E-state index contributed by atoms with van der Waals surface area (Å²) in [5.41, 5.74) is 0.995. The minimum Gasteiger partial charge on any atom is -0.493 e. The maximum atomic E-state index is 12.9. The summed E-state index contributed by atoms with van der Waals surface area (Å²) in [6.45, 7) is 13.9. The predicted molar refractivity (Wildman–Crippen MR) is 125 cm³/mol. The lowest BCUT2D eigenvalue weighted by Gasteiger charge is -2.36. The molecule has 30 heavy (non-hydrogen) atoms. The lowest BCUT2D eigenvalue weighted by molar-refractivity contribution is 0.0733. The molecule has 0 spiro atoms. The molecule has 0 saturated heterocycles. The molecule has 0 aliphatic rings. The molecule has 0 unspecified atom stereocenters. The lowest BCUT2D eigenvalue weighted by atomic mass is 10.2. The van der Waals surface area contributed by atoms with Crippen LogP contribution in [0.5, 0.6) is 17.2 Å². The van der Waals surface area contributed by atoms with Crippen LogP contribution in [0.15, 0.2) is 24.3 Å². The van der Waals surface area contributed by atoms with Gasteiger partial charge in [-0.05, 0) is 48.3 Å². The molecule has 0 bridgehead atoms. The SMILES string of the molecule is CCc1cc(CCO[Si](C)(C)C(C)(C)C)sc1C(=O)Oc1cccc(OC)c1OC. The van der Waals surface area contributed by atoms with Gasteiger partial charge in [0.25, 0.3) is 0 Å². The number of hydrogen-bond acceptors (Lipinski definition) is 6. The number of methoxy groups -OCH3 is 2. The third-order valence-corrected chi connectivity index (χ3v) is 11.4. The van der Waals surface area contributed by atoms with E-state index in [1.165, 1.54) is 18.4 Å². The van der Waals surface area contributed by atoms with E-state index >= 15 is 0 Å². The Morgan fingerprint density at radius 2 is 1.77 bits per heavy atom. The average molecular weight is 451 g/mol. The van der Waals surface area contributed by atoms with Crippen molar-refractivity contribution in [3.63, 3.8) is 0 Å². The minimum absolute atomic E-state index is 0.182. The highest BCUT2D eigenvalue weighted by molar-refractivity contribution is 7.14. The Kier molecular flexibility index (Phi) is 8.13. The van der Waals surface area contributed by atoms with E-state index in [2.05, 4.69) is 39.9 Å². The van der Waals surface area contributed by atoms with E-state index in [-0.39, 0.29) is 11.0 Å². The first kappa shape index (κ1) is 24.4. The van der Waals surface area contributed by atoms with Gasteiger partial charge < -0.3 is 18.6 Å². The van der Waals surface area contributed by atoms with Gasteiger partial charge in [-0.2, -0.15) is 0 Å². The van der Waals surface area contributed by atoms with Crippen molar-refractivity contribution in [2.45, 2.75) is 58.7 Å². The summed E-state index contributed by atoms with van der Waals surface area (Å²) in [4.78, 5) is 14.7. The average Bonchev–Trinajstić information content (AvgIpc) is 3.10. The highest BCUT2D eigenvalue weighted by atomic mass is 32.1. The second-order valence-electron chi connectivity index (χ2n) is 8.66. The fourth-order valence-corrected chi connectivity index (χ4v) is 4.91. The van der Waals surface area contributed by atoms with Gasteiger partial charge >= 0.3 is 5.97 Å². The number of para-hydroxylation sites is 1. The molecular formula is C23H34O5SSi. The molecule has 0 amide bonds. The molecule has 2 rings (SSSR count). The highest BCUT2D eigenvalue weighted by Crippen LogP contribution is 2.38. The number of rotatable bonds is 9. The molecule has 1 heterocycles. The van der Waals surface area contributed by atoms with Gasteiger partial charge in [0.2, 0.25) is 5.75 Å². The number of aryl methyl sites for hydroxylation is 1. The van der Waals surface area contributed by atoms with Gasteiger partial charge in [-0.1, -0.05) is 33.8 Å². The van der Waals surface area contributed by atoms with E-state index in [0.717, 1.165) is 23.3 Å². The minimum atomic E-state index is -1.78. The summed E-state index contributed by atoms with van der Waals surface area (Å²) in [5.74, 6) is 0.902. The first-order valence-electron chi connectivity index (χ1n) is 10.2. The van der Waals surface area contributed by atoms with Crippen molar-refractivity contribution in [3.05, 3.63) is 39.6 Å². The third kappa shape index (κ3) is 5.65. The van der Waals surface area contributed by atoms with Crippen LogP contribution in [0.1, 0.15) is 47.8 Å².